The van der Waals surface area contributed by atoms with Crippen molar-refractivity contribution in [2.24, 2.45) is 5.73 Å². The smallest absolute Gasteiger partial charge is 0.318 e. The number of carbonyl (C=O) groups is 1. The molecule has 0 fully saturated rings. The predicted molar refractivity (Wildman–Crippen MR) is 90.4 cm³/mol. The number of hydrogen-bond acceptors (Lipinski definition) is 6. The van der Waals surface area contributed by atoms with Crippen LogP contribution in [0, 0.1) is 6.92 Å². The maximum Gasteiger partial charge on any atom is 0.318 e. The highest BCUT2D eigenvalue weighted by atomic mass is 32.2. The molecule has 1 aromatic heterocycles. The second kappa shape index (κ2) is 8.12. The number of hydrogen-bond donors (Lipinski definition) is 1. The van der Waals surface area contributed by atoms with Gasteiger partial charge in [0.2, 0.25) is 0 Å². The molecule has 2 rings (SSSR count). The number of benzene rings is 1. The van der Waals surface area contributed by atoms with E-state index < -0.39 is 0 Å². The lowest BCUT2D eigenvalue weighted by Crippen LogP contribution is -2.17. The first-order valence-corrected chi connectivity index (χ1v) is 8.35. The van der Waals surface area contributed by atoms with Gasteiger partial charge in [0.25, 0.3) is 0 Å². The number of thioether (sulfide) groups is 1. The molecule has 0 spiro atoms. The van der Waals surface area contributed by atoms with E-state index in [0.717, 1.165) is 11.4 Å². The van der Waals surface area contributed by atoms with Crippen LogP contribution in [0.1, 0.15) is 23.9 Å². The van der Waals surface area contributed by atoms with Gasteiger partial charge in [-0.15, -0.1) is 10.2 Å². The van der Waals surface area contributed by atoms with E-state index in [-0.39, 0.29) is 11.2 Å². The maximum atomic E-state index is 11.6. The minimum atomic E-state index is -0.341. The minimum absolute atomic E-state index is 0.278. The molecule has 0 saturated carbocycles. The summed E-state index contributed by atoms with van der Waals surface area (Å²) in [5, 5.41) is 8.80. The lowest BCUT2D eigenvalue weighted by atomic mass is 10.1. The van der Waals surface area contributed by atoms with Crippen LogP contribution < -0.4 is 5.73 Å². The molecule has 1 atom stereocenters. The molecule has 0 aliphatic rings. The quantitative estimate of drug-likeness (QED) is 0.614. The van der Waals surface area contributed by atoms with Crippen LogP contribution in [0.2, 0.25) is 0 Å². The van der Waals surface area contributed by atoms with Crippen molar-refractivity contribution >= 4 is 17.7 Å². The summed E-state index contributed by atoms with van der Waals surface area (Å²) in [4.78, 5) is 11.6. The van der Waals surface area contributed by atoms with Crippen molar-refractivity contribution in [3.05, 3.63) is 41.2 Å². The Kier molecular flexibility index (Phi) is 6.18. The van der Waals surface area contributed by atoms with E-state index in [9.17, 15) is 4.79 Å². The molecule has 23 heavy (non-hydrogen) atoms. The van der Waals surface area contributed by atoms with Crippen LogP contribution in [0.3, 0.4) is 0 Å². The van der Waals surface area contributed by atoms with Crippen LogP contribution in [0.25, 0.3) is 0 Å². The Labute approximate surface area is 140 Å². The van der Waals surface area contributed by atoms with Gasteiger partial charge in [0.15, 0.2) is 5.16 Å². The Morgan fingerprint density at radius 2 is 2.04 bits per heavy atom. The Hall–Kier alpha value is -1.86. The summed E-state index contributed by atoms with van der Waals surface area (Å²) < 4.78 is 6.79. The second-order valence-electron chi connectivity index (χ2n) is 5.29. The van der Waals surface area contributed by atoms with Gasteiger partial charge >= 0.3 is 5.97 Å². The number of rotatable bonds is 7. The first-order valence-electron chi connectivity index (χ1n) is 7.47. The third kappa shape index (κ3) is 4.56. The predicted octanol–water partition coefficient (Wildman–Crippen LogP) is 1.79. The molecule has 0 aliphatic heterocycles. The second-order valence-corrected chi connectivity index (χ2v) is 6.60. The van der Waals surface area contributed by atoms with Gasteiger partial charge in [0.1, 0.15) is 11.1 Å². The third-order valence-corrected chi connectivity index (χ3v) is 4.50. The van der Waals surface area contributed by atoms with E-state index in [2.05, 4.69) is 41.4 Å². The molecule has 1 aromatic carbocycles. The normalized spacial score (nSPS) is 12.2. The van der Waals surface area contributed by atoms with Crippen molar-refractivity contribution in [2.45, 2.75) is 37.2 Å². The Morgan fingerprint density at radius 3 is 2.65 bits per heavy atom. The van der Waals surface area contributed by atoms with Gasteiger partial charge in [-0.3, -0.25) is 4.79 Å². The van der Waals surface area contributed by atoms with Gasteiger partial charge in [-0.1, -0.05) is 41.6 Å². The summed E-state index contributed by atoms with van der Waals surface area (Å²) in [7, 11) is 1.39. The number of ether oxygens (including phenoxy) is 1. The standard InChI is InChI=1S/C16H22N4O2S/c1-11-4-6-13(7-5-11)10-20-14(8-9-17)18-19-16(20)23-12(2)15(21)22-3/h4-7,12H,8-10,17H2,1-3H3. The van der Waals surface area contributed by atoms with Gasteiger partial charge in [0.05, 0.1) is 13.7 Å². The van der Waals surface area contributed by atoms with E-state index in [0.29, 0.717) is 24.7 Å². The molecule has 6 nitrogen and oxygen atoms in total. The van der Waals surface area contributed by atoms with Gasteiger partial charge < -0.3 is 15.0 Å². The average molecular weight is 334 g/mol. The monoisotopic (exact) mass is 334 g/mol. The van der Waals surface area contributed by atoms with Crippen molar-refractivity contribution in [1.29, 1.82) is 0 Å². The van der Waals surface area contributed by atoms with Crippen molar-refractivity contribution in [3.8, 4) is 0 Å². The molecule has 2 N–H and O–H groups in total. The number of aryl methyl sites for hydroxylation is 1. The topological polar surface area (TPSA) is 83.0 Å². The number of nitrogens with zero attached hydrogens (tertiary/aromatic N) is 3. The maximum absolute atomic E-state index is 11.6. The van der Waals surface area contributed by atoms with Crippen molar-refractivity contribution < 1.29 is 9.53 Å². The van der Waals surface area contributed by atoms with Gasteiger partial charge in [-0.25, -0.2) is 0 Å². The first-order chi connectivity index (χ1) is 11.0. The van der Waals surface area contributed by atoms with Crippen LogP contribution in [-0.4, -0.2) is 39.6 Å². The van der Waals surface area contributed by atoms with E-state index in [1.165, 1.54) is 24.4 Å². The largest absolute Gasteiger partial charge is 0.468 e. The number of carbonyl (C=O) groups excluding carboxylic acids is 1. The fraction of sp³-hybridized carbons (Fsp3) is 0.438. The Morgan fingerprint density at radius 1 is 1.35 bits per heavy atom. The lowest BCUT2D eigenvalue weighted by Gasteiger charge is -2.12. The molecular formula is C16H22N4O2S. The van der Waals surface area contributed by atoms with Crippen molar-refractivity contribution in [3.63, 3.8) is 0 Å². The molecule has 2 aromatic rings. The van der Waals surface area contributed by atoms with Crippen LogP contribution in [0.4, 0.5) is 0 Å². The zero-order valence-electron chi connectivity index (χ0n) is 13.7. The van der Waals surface area contributed by atoms with Crippen LogP contribution in [0.5, 0.6) is 0 Å². The SMILES string of the molecule is COC(=O)C(C)Sc1nnc(CCN)n1Cc1ccc(C)cc1. The highest BCUT2D eigenvalue weighted by Crippen LogP contribution is 2.24. The van der Waals surface area contributed by atoms with Gasteiger partial charge in [-0.05, 0) is 26.0 Å². The van der Waals surface area contributed by atoms with Gasteiger partial charge in [0, 0.05) is 6.42 Å². The molecule has 0 radical (unpaired) electrons. The van der Waals surface area contributed by atoms with E-state index in [1.54, 1.807) is 6.92 Å². The zero-order valence-corrected chi connectivity index (χ0v) is 14.5. The van der Waals surface area contributed by atoms with E-state index in [1.807, 2.05) is 4.57 Å². The molecule has 1 unspecified atom stereocenters. The minimum Gasteiger partial charge on any atom is -0.468 e. The first kappa shape index (κ1) is 17.5. The Balaban J connectivity index is 2.25. The molecular weight excluding hydrogens is 312 g/mol. The van der Waals surface area contributed by atoms with Crippen LogP contribution in [0.15, 0.2) is 29.4 Å². The molecule has 1 heterocycles. The summed E-state index contributed by atoms with van der Waals surface area (Å²) in [5.41, 5.74) is 8.03. The van der Waals surface area contributed by atoms with Gasteiger partial charge in [-0.2, -0.15) is 0 Å². The fourth-order valence-electron chi connectivity index (χ4n) is 2.13. The molecule has 0 amide bonds. The number of esters is 1. The van der Waals surface area contributed by atoms with Crippen molar-refractivity contribution in [1.82, 2.24) is 14.8 Å². The number of methoxy groups -OCH3 is 1. The zero-order chi connectivity index (χ0) is 16.8. The highest BCUT2D eigenvalue weighted by molar-refractivity contribution is 8.00. The summed E-state index contributed by atoms with van der Waals surface area (Å²) in [5.74, 6) is 0.549. The van der Waals surface area contributed by atoms with Crippen LogP contribution in [-0.2, 0) is 22.5 Å². The Bertz CT molecular complexity index is 655. The molecule has 124 valence electrons. The molecule has 0 bridgehead atoms. The fourth-order valence-corrected chi connectivity index (χ4v) is 3.02. The lowest BCUT2D eigenvalue weighted by molar-refractivity contribution is -0.139. The third-order valence-electron chi connectivity index (χ3n) is 3.44. The average Bonchev–Trinajstić information content (AvgIpc) is 2.91. The molecule has 0 aliphatic carbocycles. The molecule has 0 saturated heterocycles. The summed E-state index contributed by atoms with van der Waals surface area (Å²) in [6.07, 6.45) is 0.645. The highest BCUT2D eigenvalue weighted by Gasteiger charge is 2.20. The van der Waals surface area contributed by atoms with E-state index in [4.69, 9.17) is 10.5 Å². The van der Waals surface area contributed by atoms with E-state index >= 15 is 0 Å². The molecule has 7 heteroatoms. The summed E-state index contributed by atoms with van der Waals surface area (Å²) >= 11 is 1.35. The van der Waals surface area contributed by atoms with Crippen molar-refractivity contribution in [2.75, 3.05) is 13.7 Å². The summed E-state index contributed by atoms with van der Waals surface area (Å²) in [6.45, 7) is 5.01. The summed E-state index contributed by atoms with van der Waals surface area (Å²) in [6, 6.07) is 8.32. The number of aromatic nitrogens is 3. The van der Waals surface area contributed by atoms with Crippen LogP contribution >= 0.6 is 11.8 Å². The number of nitrogens with two attached hydrogens (primary N) is 1.